The van der Waals surface area contributed by atoms with Crippen molar-refractivity contribution in [2.45, 2.75) is 32.9 Å². The summed E-state index contributed by atoms with van der Waals surface area (Å²) in [5.41, 5.74) is 11.2. The second kappa shape index (κ2) is 8.23. The van der Waals surface area contributed by atoms with Gasteiger partial charge in [-0.2, -0.15) is 0 Å². The molecule has 140 valence electrons. The summed E-state index contributed by atoms with van der Waals surface area (Å²) in [4.78, 5) is 12.7. The maximum atomic E-state index is 12.7. The average Bonchev–Trinajstić information content (AvgIpc) is 3.00. The second-order valence-electron chi connectivity index (χ2n) is 6.97. The lowest BCUT2D eigenvalue weighted by atomic mass is 10.1. The van der Waals surface area contributed by atoms with Gasteiger partial charge in [0.25, 0.3) is 5.91 Å². The average molecular weight is 361 g/mol. The molecule has 4 heteroatoms. The predicted molar refractivity (Wildman–Crippen MR) is 110 cm³/mol. The summed E-state index contributed by atoms with van der Waals surface area (Å²) >= 11 is 0. The van der Waals surface area contributed by atoms with Gasteiger partial charge in [-0.15, -0.1) is 0 Å². The Morgan fingerprint density at radius 2 is 1.56 bits per heavy atom. The van der Waals surface area contributed by atoms with Crippen LogP contribution in [0.1, 0.15) is 51.9 Å². The Hall–Kier alpha value is -2.85. The Morgan fingerprint density at radius 1 is 1.00 bits per heavy atom. The van der Waals surface area contributed by atoms with Gasteiger partial charge in [0.15, 0.2) is 0 Å². The molecule has 0 aliphatic rings. The van der Waals surface area contributed by atoms with Crippen LogP contribution in [0.25, 0.3) is 0 Å². The molecule has 2 aromatic carbocycles. The molecule has 0 aliphatic carbocycles. The van der Waals surface area contributed by atoms with Gasteiger partial charge in [-0.05, 0) is 38.0 Å². The number of aryl methyl sites for hydroxylation is 1. The Balaban J connectivity index is 1.74. The van der Waals surface area contributed by atoms with Crippen molar-refractivity contribution in [3.63, 3.8) is 0 Å². The molecular weight excluding hydrogens is 334 g/mol. The zero-order valence-corrected chi connectivity index (χ0v) is 16.1. The molecule has 27 heavy (non-hydrogen) atoms. The fraction of sp³-hybridized carbons (Fsp3) is 0.261. The Kier molecular flexibility index (Phi) is 5.77. The number of carbonyl (C=O) groups is 1. The first-order valence-electron chi connectivity index (χ1n) is 9.31. The normalized spacial score (nSPS) is 13.2. The van der Waals surface area contributed by atoms with Gasteiger partial charge in [-0.25, -0.2) is 0 Å². The summed E-state index contributed by atoms with van der Waals surface area (Å²) in [6, 6.07) is 22.0. The van der Waals surface area contributed by atoms with E-state index in [0.29, 0.717) is 12.1 Å². The molecule has 0 fully saturated rings. The van der Waals surface area contributed by atoms with Crippen molar-refractivity contribution in [2.24, 2.45) is 5.73 Å². The highest BCUT2D eigenvalue weighted by molar-refractivity contribution is 5.95. The summed E-state index contributed by atoms with van der Waals surface area (Å²) < 4.78 is 2.21. The molecule has 2 unspecified atom stereocenters. The quantitative estimate of drug-likeness (QED) is 0.693. The number of aromatic nitrogens is 1. The maximum Gasteiger partial charge on any atom is 0.253 e. The minimum atomic E-state index is -0.220. The molecular formula is C23H27N3O. The van der Waals surface area contributed by atoms with Crippen LogP contribution in [0.2, 0.25) is 0 Å². The minimum Gasteiger partial charge on any atom is -0.350 e. The maximum absolute atomic E-state index is 12.7. The van der Waals surface area contributed by atoms with E-state index in [1.54, 1.807) is 0 Å². The lowest BCUT2D eigenvalue weighted by Gasteiger charge is -2.19. The van der Waals surface area contributed by atoms with Gasteiger partial charge in [0.1, 0.15) is 0 Å². The van der Waals surface area contributed by atoms with Crippen LogP contribution in [0.15, 0.2) is 66.7 Å². The first-order chi connectivity index (χ1) is 13.0. The summed E-state index contributed by atoms with van der Waals surface area (Å²) in [6.07, 6.45) is 0. The van der Waals surface area contributed by atoms with E-state index in [-0.39, 0.29) is 18.0 Å². The first-order valence-corrected chi connectivity index (χ1v) is 9.31. The zero-order chi connectivity index (χ0) is 19.4. The van der Waals surface area contributed by atoms with Gasteiger partial charge < -0.3 is 15.6 Å². The monoisotopic (exact) mass is 361 g/mol. The summed E-state index contributed by atoms with van der Waals surface area (Å²) in [5.74, 6) is -0.0824. The van der Waals surface area contributed by atoms with Crippen molar-refractivity contribution in [1.82, 2.24) is 9.88 Å². The van der Waals surface area contributed by atoms with Crippen molar-refractivity contribution in [3.8, 4) is 0 Å². The highest BCUT2D eigenvalue weighted by atomic mass is 16.1. The lowest BCUT2D eigenvalue weighted by molar-refractivity contribution is 0.0950. The molecule has 1 heterocycles. The highest BCUT2D eigenvalue weighted by Crippen LogP contribution is 2.25. The molecule has 0 saturated heterocycles. The summed E-state index contributed by atoms with van der Waals surface area (Å²) in [7, 11) is 0. The van der Waals surface area contributed by atoms with Gasteiger partial charge in [0, 0.05) is 24.0 Å². The number of hydrogen-bond acceptors (Lipinski definition) is 2. The molecule has 0 saturated carbocycles. The molecule has 3 aromatic rings. The fourth-order valence-corrected chi connectivity index (χ4v) is 3.60. The summed E-state index contributed by atoms with van der Waals surface area (Å²) in [5, 5.41) is 2.98. The number of nitrogens with zero attached hydrogens (tertiary/aromatic N) is 1. The van der Waals surface area contributed by atoms with Crippen LogP contribution in [0.3, 0.4) is 0 Å². The van der Waals surface area contributed by atoms with E-state index in [1.165, 1.54) is 5.56 Å². The second-order valence-corrected chi connectivity index (χ2v) is 6.97. The summed E-state index contributed by atoms with van der Waals surface area (Å²) in [6.45, 7) is 6.60. The topological polar surface area (TPSA) is 60.1 Å². The number of carbonyl (C=O) groups excluding carboxylic acids is 1. The number of rotatable bonds is 6. The molecule has 1 amide bonds. The molecule has 3 N–H and O–H groups in total. The fourth-order valence-electron chi connectivity index (χ4n) is 3.60. The van der Waals surface area contributed by atoms with E-state index in [1.807, 2.05) is 68.4 Å². The van der Waals surface area contributed by atoms with Crippen molar-refractivity contribution >= 4 is 5.91 Å². The minimum absolute atomic E-state index is 0.0824. The molecule has 0 radical (unpaired) electrons. The number of hydrogen-bond donors (Lipinski definition) is 2. The van der Waals surface area contributed by atoms with E-state index < -0.39 is 0 Å². The highest BCUT2D eigenvalue weighted by Gasteiger charge is 2.20. The van der Waals surface area contributed by atoms with Crippen molar-refractivity contribution in [1.29, 1.82) is 0 Å². The zero-order valence-electron chi connectivity index (χ0n) is 16.1. The first kappa shape index (κ1) is 18.9. The van der Waals surface area contributed by atoms with E-state index in [4.69, 9.17) is 5.73 Å². The van der Waals surface area contributed by atoms with Crippen molar-refractivity contribution < 1.29 is 4.79 Å². The Morgan fingerprint density at radius 3 is 2.15 bits per heavy atom. The smallest absolute Gasteiger partial charge is 0.253 e. The molecule has 0 bridgehead atoms. The molecule has 0 spiro atoms. The lowest BCUT2D eigenvalue weighted by Crippen LogP contribution is -2.32. The van der Waals surface area contributed by atoms with Gasteiger partial charge >= 0.3 is 0 Å². The molecule has 4 nitrogen and oxygen atoms in total. The Bertz CT molecular complexity index is 900. The SMILES string of the molecule is Cc1cc(C(=O)NCC(N)c2ccccc2)c(C)n1C(C)c1ccccc1. The number of nitrogens with two attached hydrogens (primary N) is 1. The molecule has 3 rings (SSSR count). The van der Waals surface area contributed by atoms with Gasteiger partial charge in [0.2, 0.25) is 0 Å². The molecule has 0 aliphatic heterocycles. The van der Waals surface area contributed by atoms with Gasteiger partial charge in [-0.1, -0.05) is 60.7 Å². The van der Waals surface area contributed by atoms with E-state index in [9.17, 15) is 4.79 Å². The van der Waals surface area contributed by atoms with Gasteiger partial charge in [-0.3, -0.25) is 4.79 Å². The van der Waals surface area contributed by atoms with Gasteiger partial charge in [0.05, 0.1) is 11.6 Å². The van der Waals surface area contributed by atoms with Crippen LogP contribution in [0.4, 0.5) is 0 Å². The number of nitrogens with one attached hydrogen (secondary N) is 1. The Labute approximate surface area is 161 Å². The third kappa shape index (κ3) is 4.12. The third-order valence-corrected chi connectivity index (χ3v) is 5.11. The van der Waals surface area contributed by atoms with Crippen molar-refractivity contribution in [2.75, 3.05) is 6.54 Å². The van der Waals surface area contributed by atoms with E-state index >= 15 is 0 Å². The third-order valence-electron chi connectivity index (χ3n) is 5.11. The van der Waals surface area contributed by atoms with E-state index in [0.717, 1.165) is 17.0 Å². The molecule has 1 aromatic heterocycles. The van der Waals surface area contributed by atoms with Crippen LogP contribution >= 0.6 is 0 Å². The largest absolute Gasteiger partial charge is 0.350 e. The number of amides is 1. The van der Waals surface area contributed by atoms with E-state index in [2.05, 4.69) is 28.9 Å². The molecule has 2 atom stereocenters. The van der Waals surface area contributed by atoms with Crippen LogP contribution in [0, 0.1) is 13.8 Å². The predicted octanol–water partition coefficient (Wildman–Crippen LogP) is 4.14. The van der Waals surface area contributed by atoms with Crippen LogP contribution in [0.5, 0.6) is 0 Å². The number of benzene rings is 2. The van der Waals surface area contributed by atoms with Crippen LogP contribution < -0.4 is 11.1 Å². The van der Waals surface area contributed by atoms with Crippen LogP contribution in [-0.4, -0.2) is 17.0 Å². The van der Waals surface area contributed by atoms with Crippen LogP contribution in [-0.2, 0) is 0 Å². The van der Waals surface area contributed by atoms with Crippen molar-refractivity contribution in [3.05, 3.63) is 94.8 Å². The standard InChI is InChI=1S/C23H27N3O/c1-16-14-21(18(3)26(16)17(2)19-10-6-4-7-11-19)23(27)25-15-22(24)20-12-8-5-9-13-20/h4-14,17,22H,15,24H2,1-3H3,(H,25,27).